The molecule has 1 N–H and O–H groups in total. The summed E-state index contributed by atoms with van der Waals surface area (Å²) in [6.45, 7) is 2.70. The highest BCUT2D eigenvalue weighted by molar-refractivity contribution is 9.10. The second-order valence-corrected chi connectivity index (χ2v) is 5.20. The Hall–Kier alpha value is -1.68. The minimum atomic E-state index is -0.0946. The van der Waals surface area contributed by atoms with Gasteiger partial charge in [-0.25, -0.2) is 4.98 Å². The average Bonchev–Trinajstić information content (AvgIpc) is 2.46. The van der Waals surface area contributed by atoms with Gasteiger partial charge in [0.15, 0.2) is 0 Å². The van der Waals surface area contributed by atoms with E-state index < -0.39 is 0 Å². The molecule has 0 bridgehead atoms. The zero-order chi connectivity index (χ0) is 13.7. The molecule has 3 nitrogen and oxygen atoms in total. The van der Waals surface area contributed by atoms with Gasteiger partial charge >= 0.3 is 0 Å². The maximum absolute atomic E-state index is 11.9. The van der Waals surface area contributed by atoms with Crippen molar-refractivity contribution in [3.05, 3.63) is 64.4 Å². The zero-order valence-electron chi connectivity index (χ0n) is 10.6. The van der Waals surface area contributed by atoms with Crippen molar-refractivity contribution in [2.75, 3.05) is 6.54 Å². The molecule has 0 aliphatic carbocycles. The van der Waals surface area contributed by atoms with E-state index in [2.05, 4.69) is 45.3 Å². The summed E-state index contributed by atoms with van der Waals surface area (Å²) in [5, 5.41) is 2.92. The molecule has 1 heterocycles. The number of rotatable bonds is 4. The number of amides is 1. The Balaban J connectivity index is 1.92. The van der Waals surface area contributed by atoms with Crippen molar-refractivity contribution in [1.82, 2.24) is 10.3 Å². The lowest BCUT2D eigenvalue weighted by Crippen LogP contribution is -2.27. The molecule has 0 aliphatic rings. The number of halogens is 1. The number of aromatic nitrogens is 1. The van der Waals surface area contributed by atoms with Gasteiger partial charge in [0.1, 0.15) is 4.60 Å². The van der Waals surface area contributed by atoms with E-state index in [1.807, 2.05) is 18.2 Å². The molecule has 0 aliphatic heterocycles. The Morgan fingerprint density at radius 3 is 2.63 bits per heavy atom. The number of pyridine rings is 1. The monoisotopic (exact) mass is 318 g/mol. The lowest BCUT2D eigenvalue weighted by molar-refractivity contribution is 0.0951. The number of carbonyl (C=O) groups excluding carboxylic acids is 1. The highest BCUT2D eigenvalue weighted by Crippen LogP contribution is 2.13. The van der Waals surface area contributed by atoms with Crippen molar-refractivity contribution < 1.29 is 4.79 Å². The SMILES string of the molecule is CC(CNC(=O)c1ccc(Br)nc1)c1ccccc1. The van der Waals surface area contributed by atoms with Crippen LogP contribution in [0.4, 0.5) is 0 Å². The van der Waals surface area contributed by atoms with Gasteiger partial charge < -0.3 is 5.32 Å². The Kier molecular flexibility index (Phi) is 4.68. The number of carbonyl (C=O) groups is 1. The summed E-state index contributed by atoms with van der Waals surface area (Å²) in [6, 6.07) is 13.6. The average molecular weight is 319 g/mol. The molecule has 19 heavy (non-hydrogen) atoms. The zero-order valence-corrected chi connectivity index (χ0v) is 12.2. The largest absolute Gasteiger partial charge is 0.351 e. The van der Waals surface area contributed by atoms with Gasteiger partial charge in [-0.05, 0) is 39.5 Å². The predicted molar refractivity (Wildman–Crippen MR) is 79.1 cm³/mol. The molecule has 0 spiro atoms. The van der Waals surface area contributed by atoms with Crippen LogP contribution in [-0.2, 0) is 0 Å². The highest BCUT2D eigenvalue weighted by atomic mass is 79.9. The molecule has 1 amide bonds. The fourth-order valence-corrected chi connectivity index (χ4v) is 1.99. The van der Waals surface area contributed by atoms with Gasteiger partial charge in [-0.3, -0.25) is 4.79 Å². The van der Waals surface area contributed by atoms with E-state index >= 15 is 0 Å². The third-order valence-corrected chi connectivity index (χ3v) is 3.40. The standard InChI is InChI=1S/C15H15BrN2O/c1-11(12-5-3-2-4-6-12)9-18-15(19)13-7-8-14(16)17-10-13/h2-8,10-11H,9H2,1H3,(H,18,19). The van der Waals surface area contributed by atoms with Crippen LogP contribution in [-0.4, -0.2) is 17.4 Å². The Morgan fingerprint density at radius 1 is 1.26 bits per heavy atom. The molecule has 0 radical (unpaired) electrons. The summed E-state index contributed by atoms with van der Waals surface area (Å²) in [5.41, 5.74) is 1.79. The molecule has 1 aromatic carbocycles. The van der Waals surface area contributed by atoms with Gasteiger partial charge in [0.05, 0.1) is 5.56 Å². The first-order chi connectivity index (χ1) is 9.16. The summed E-state index contributed by atoms with van der Waals surface area (Å²) in [6.07, 6.45) is 1.56. The number of nitrogens with one attached hydrogen (secondary N) is 1. The third kappa shape index (κ3) is 3.89. The van der Waals surface area contributed by atoms with E-state index in [4.69, 9.17) is 0 Å². The van der Waals surface area contributed by atoms with Crippen LogP contribution in [0.1, 0.15) is 28.8 Å². The van der Waals surface area contributed by atoms with Crippen LogP contribution < -0.4 is 5.32 Å². The Bertz CT molecular complexity index is 540. The summed E-state index contributed by atoms with van der Waals surface area (Å²) >= 11 is 3.24. The van der Waals surface area contributed by atoms with Gasteiger partial charge in [0.25, 0.3) is 5.91 Å². The smallest absolute Gasteiger partial charge is 0.252 e. The molecular weight excluding hydrogens is 304 g/mol. The van der Waals surface area contributed by atoms with Crippen LogP contribution in [0.25, 0.3) is 0 Å². The van der Waals surface area contributed by atoms with Crippen LogP contribution in [0.2, 0.25) is 0 Å². The van der Waals surface area contributed by atoms with E-state index in [1.54, 1.807) is 18.3 Å². The lowest BCUT2D eigenvalue weighted by atomic mass is 10.0. The molecule has 0 saturated heterocycles. The molecule has 2 aromatic rings. The Morgan fingerprint density at radius 2 is 2.00 bits per heavy atom. The molecule has 1 aromatic heterocycles. The van der Waals surface area contributed by atoms with Crippen molar-refractivity contribution in [1.29, 1.82) is 0 Å². The van der Waals surface area contributed by atoms with Gasteiger partial charge in [-0.2, -0.15) is 0 Å². The maximum Gasteiger partial charge on any atom is 0.252 e. The predicted octanol–water partition coefficient (Wildman–Crippen LogP) is 3.38. The number of benzene rings is 1. The lowest BCUT2D eigenvalue weighted by Gasteiger charge is -2.13. The van der Waals surface area contributed by atoms with E-state index in [0.29, 0.717) is 12.1 Å². The molecule has 1 atom stereocenters. The van der Waals surface area contributed by atoms with Crippen molar-refractivity contribution in [2.24, 2.45) is 0 Å². The van der Waals surface area contributed by atoms with E-state index in [9.17, 15) is 4.79 Å². The minimum absolute atomic E-state index is 0.0946. The van der Waals surface area contributed by atoms with Crippen LogP contribution in [0, 0.1) is 0 Å². The molecule has 4 heteroatoms. The van der Waals surface area contributed by atoms with Crippen molar-refractivity contribution in [2.45, 2.75) is 12.8 Å². The quantitative estimate of drug-likeness (QED) is 0.878. The molecular formula is C15H15BrN2O. The van der Waals surface area contributed by atoms with Gasteiger partial charge in [0, 0.05) is 12.7 Å². The summed E-state index contributed by atoms with van der Waals surface area (Å²) in [4.78, 5) is 16.0. The van der Waals surface area contributed by atoms with Gasteiger partial charge in [-0.1, -0.05) is 37.3 Å². The first kappa shape index (κ1) is 13.7. The summed E-state index contributed by atoms with van der Waals surface area (Å²) in [5.74, 6) is 0.191. The van der Waals surface area contributed by atoms with Crippen molar-refractivity contribution in [3.8, 4) is 0 Å². The first-order valence-electron chi connectivity index (χ1n) is 6.11. The number of hydrogen-bond acceptors (Lipinski definition) is 2. The first-order valence-corrected chi connectivity index (χ1v) is 6.91. The Labute approximate surface area is 121 Å². The fraction of sp³-hybridized carbons (Fsp3) is 0.200. The molecule has 98 valence electrons. The van der Waals surface area contributed by atoms with Crippen LogP contribution in [0.3, 0.4) is 0 Å². The second kappa shape index (κ2) is 6.48. The van der Waals surface area contributed by atoms with Gasteiger partial charge in [0.2, 0.25) is 0 Å². The van der Waals surface area contributed by atoms with E-state index in [-0.39, 0.29) is 11.8 Å². The number of hydrogen-bond donors (Lipinski definition) is 1. The number of nitrogens with zero attached hydrogens (tertiary/aromatic N) is 1. The summed E-state index contributed by atoms with van der Waals surface area (Å²) in [7, 11) is 0. The van der Waals surface area contributed by atoms with E-state index in [0.717, 1.165) is 4.60 Å². The summed E-state index contributed by atoms with van der Waals surface area (Å²) < 4.78 is 0.724. The second-order valence-electron chi connectivity index (χ2n) is 4.39. The third-order valence-electron chi connectivity index (χ3n) is 2.93. The van der Waals surface area contributed by atoms with E-state index in [1.165, 1.54) is 5.56 Å². The normalized spacial score (nSPS) is 11.9. The minimum Gasteiger partial charge on any atom is -0.351 e. The molecule has 0 saturated carbocycles. The molecule has 1 unspecified atom stereocenters. The van der Waals surface area contributed by atoms with Crippen LogP contribution >= 0.6 is 15.9 Å². The van der Waals surface area contributed by atoms with Crippen LogP contribution in [0.15, 0.2) is 53.3 Å². The van der Waals surface area contributed by atoms with Gasteiger partial charge in [-0.15, -0.1) is 0 Å². The van der Waals surface area contributed by atoms with Crippen molar-refractivity contribution >= 4 is 21.8 Å². The van der Waals surface area contributed by atoms with Crippen molar-refractivity contribution in [3.63, 3.8) is 0 Å². The van der Waals surface area contributed by atoms with Crippen LogP contribution in [0.5, 0.6) is 0 Å². The maximum atomic E-state index is 11.9. The topological polar surface area (TPSA) is 42.0 Å². The molecule has 0 fully saturated rings. The highest BCUT2D eigenvalue weighted by Gasteiger charge is 2.09. The fourth-order valence-electron chi connectivity index (χ4n) is 1.76. The molecule has 2 rings (SSSR count).